The average molecular weight is 307 g/mol. The van der Waals surface area contributed by atoms with Gasteiger partial charge in [0.2, 0.25) is 0 Å². The number of benzene rings is 1. The zero-order valence-corrected chi connectivity index (χ0v) is 12.8. The SMILES string of the molecule is CNCCNC(=O)c1cc(S(C)(=O)=O)ccc1C.Cl. The standard InChI is InChI=1S/C12H18N2O3S.ClH/c1-9-4-5-10(18(3,16)17)8-11(9)12(15)14-7-6-13-2;/h4-5,8,13H,6-7H2,1-3H3,(H,14,15);1H. The number of hydrogen-bond donors (Lipinski definition) is 2. The Bertz CT molecular complexity index is 544. The fourth-order valence-corrected chi connectivity index (χ4v) is 2.12. The van der Waals surface area contributed by atoms with Crippen molar-refractivity contribution in [3.8, 4) is 0 Å². The Kier molecular flexibility index (Phi) is 7.04. The first-order valence-electron chi connectivity index (χ1n) is 5.59. The van der Waals surface area contributed by atoms with Crippen LogP contribution in [0.1, 0.15) is 15.9 Å². The third-order valence-electron chi connectivity index (χ3n) is 2.54. The summed E-state index contributed by atoms with van der Waals surface area (Å²) in [5.74, 6) is -0.256. The smallest absolute Gasteiger partial charge is 0.251 e. The van der Waals surface area contributed by atoms with Gasteiger partial charge in [-0.3, -0.25) is 4.79 Å². The van der Waals surface area contributed by atoms with E-state index in [2.05, 4.69) is 10.6 Å². The predicted octanol–water partition coefficient (Wildman–Crippen LogP) is 0.770. The molecule has 0 aliphatic rings. The fourth-order valence-electron chi connectivity index (χ4n) is 1.47. The number of aryl methyl sites for hydroxylation is 1. The molecule has 0 bridgehead atoms. The van der Waals surface area contributed by atoms with Crippen molar-refractivity contribution in [2.45, 2.75) is 11.8 Å². The third-order valence-corrected chi connectivity index (χ3v) is 3.65. The highest BCUT2D eigenvalue weighted by atomic mass is 35.5. The van der Waals surface area contributed by atoms with Crippen LogP contribution in [0.2, 0.25) is 0 Å². The van der Waals surface area contributed by atoms with Gasteiger partial charge in [-0.2, -0.15) is 0 Å². The lowest BCUT2D eigenvalue weighted by molar-refractivity contribution is 0.0953. The second-order valence-corrected chi connectivity index (χ2v) is 6.12. The molecule has 0 aliphatic carbocycles. The summed E-state index contributed by atoms with van der Waals surface area (Å²) in [5.41, 5.74) is 1.15. The van der Waals surface area contributed by atoms with E-state index >= 15 is 0 Å². The molecule has 0 radical (unpaired) electrons. The number of rotatable bonds is 5. The van der Waals surface area contributed by atoms with Crippen molar-refractivity contribution in [3.05, 3.63) is 29.3 Å². The Morgan fingerprint density at radius 1 is 1.26 bits per heavy atom. The molecule has 0 aliphatic heterocycles. The molecule has 2 N–H and O–H groups in total. The second kappa shape index (κ2) is 7.47. The first kappa shape index (κ1) is 17.9. The Morgan fingerprint density at radius 3 is 2.42 bits per heavy atom. The lowest BCUT2D eigenvalue weighted by Crippen LogP contribution is -2.30. The molecule has 1 aromatic carbocycles. The van der Waals surface area contributed by atoms with Gasteiger partial charge in [0.1, 0.15) is 0 Å². The van der Waals surface area contributed by atoms with Gasteiger partial charge in [-0.1, -0.05) is 6.07 Å². The van der Waals surface area contributed by atoms with Crippen molar-refractivity contribution in [3.63, 3.8) is 0 Å². The van der Waals surface area contributed by atoms with Crippen molar-refractivity contribution < 1.29 is 13.2 Å². The highest BCUT2D eigenvalue weighted by molar-refractivity contribution is 7.90. The molecule has 0 aromatic heterocycles. The second-order valence-electron chi connectivity index (χ2n) is 4.11. The Morgan fingerprint density at radius 2 is 1.89 bits per heavy atom. The molecular formula is C12H19ClN2O3S. The topological polar surface area (TPSA) is 75.3 Å². The highest BCUT2D eigenvalue weighted by Crippen LogP contribution is 2.15. The van der Waals surface area contributed by atoms with Crippen LogP contribution < -0.4 is 10.6 Å². The molecule has 5 nitrogen and oxygen atoms in total. The molecule has 0 saturated heterocycles. The van der Waals surface area contributed by atoms with Crippen LogP contribution in [0.4, 0.5) is 0 Å². The first-order valence-corrected chi connectivity index (χ1v) is 7.49. The molecule has 19 heavy (non-hydrogen) atoms. The molecule has 108 valence electrons. The number of carbonyl (C=O) groups is 1. The zero-order chi connectivity index (χ0) is 13.8. The van der Waals surface area contributed by atoms with Crippen molar-refractivity contribution in [1.29, 1.82) is 0 Å². The summed E-state index contributed by atoms with van der Waals surface area (Å²) in [6, 6.07) is 4.57. The quantitative estimate of drug-likeness (QED) is 0.788. The average Bonchev–Trinajstić information content (AvgIpc) is 2.28. The molecule has 1 amide bonds. The number of carbonyl (C=O) groups excluding carboxylic acids is 1. The molecule has 0 atom stereocenters. The third kappa shape index (κ3) is 5.18. The van der Waals surface area contributed by atoms with Crippen LogP contribution in [-0.2, 0) is 9.84 Å². The number of likely N-dealkylation sites (N-methyl/N-ethyl adjacent to an activating group) is 1. The van der Waals surface area contributed by atoms with E-state index in [-0.39, 0.29) is 23.2 Å². The molecule has 1 aromatic rings. The van der Waals surface area contributed by atoms with Gasteiger partial charge in [-0.15, -0.1) is 12.4 Å². The molecule has 1 rings (SSSR count). The largest absolute Gasteiger partial charge is 0.351 e. The van der Waals surface area contributed by atoms with Crippen LogP contribution in [0, 0.1) is 6.92 Å². The number of nitrogens with one attached hydrogen (secondary N) is 2. The van der Waals surface area contributed by atoms with Crippen LogP contribution in [0.3, 0.4) is 0 Å². The van der Waals surface area contributed by atoms with Gasteiger partial charge in [-0.05, 0) is 31.7 Å². The maximum absolute atomic E-state index is 11.9. The summed E-state index contributed by atoms with van der Waals surface area (Å²) < 4.78 is 22.9. The van der Waals surface area contributed by atoms with Crippen molar-refractivity contribution in [1.82, 2.24) is 10.6 Å². The highest BCUT2D eigenvalue weighted by Gasteiger charge is 2.13. The van der Waals surface area contributed by atoms with Crippen LogP contribution >= 0.6 is 12.4 Å². The predicted molar refractivity (Wildman–Crippen MR) is 77.8 cm³/mol. The maximum atomic E-state index is 11.9. The van der Waals surface area contributed by atoms with E-state index in [4.69, 9.17) is 0 Å². The number of amides is 1. The van der Waals surface area contributed by atoms with Gasteiger partial charge >= 0.3 is 0 Å². The zero-order valence-electron chi connectivity index (χ0n) is 11.2. The van der Waals surface area contributed by atoms with E-state index in [1.807, 2.05) is 0 Å². The normalized spacial score (nSPS) is 10.7. The van der Waals surface area contributed by atoms with Crippen LogP contribution in [-0.4, -0.2) is 40.7 Å². The Hall–Kier alpha value is -1.11. The van der Waals surface area contributed by atoms with E-state index in [1.54, 1.807) is 20.0 Å². The maximum Gasteiger partial charge on any atom is 0.251 e. The molecular weight excluding hydrogens is 288 g/mol. The molecule has 0 saturated carbocycles. The monoisotopic (exact) mass is 306 g/mol. The first-order chi connectivity index (χ1) is 8.36. The van der Waals surface area contributed by atoms with E-state index < -0.39 is 9.84 Å². The van der Waals surface area contributed by atoms with Gasteiger partial charge in [0.05, 0.1) is 4.90 Å². The van der Waals surface area contributed by atoms with Gasteiger partial charge in [-0.25, -0.2) is 8.42 Å². The minimum atomic E-state index is -3.29. The fraction of sp³-hybridized carbons (Fsp3) is 0.417. The molecule has 0 spiro atoms. The van der Waals surface area contributed by atoms with E-state index in [0.717, 1.165) is 11.8 Å². The molecule has 0 heterocycles. The summed E-state index contributed by atoms with van der Waals surface area (Å²) in [6.07, 6.45) is 1.13. The van der Waals surface area contributed by atoms with Crippen molar-refractivity contribution in [2.24, 2.45) is 0 Å². The number of hydrogen-bond acceptors (Lipinski definition) is 4. The lowest BCUT2D eigenvalue weighted by Gasteiger charge is -2.09. The Labute approximate surface area is 120 Å². The summed E-state index contributed by atoms with van der Waals surface area (Å²) in [6.45, 7) is 2.94. The van der Waals surface area contributed by atoms with Gasteiger partial charge in [0, 0.05) is 24.9 Å². The minimum absolute atomic E-state index is 0. The van der Waals surface area contributed by atoms with E-state index in [1.165, 1.54) is 12.1 Å². The molecule has 0 fully saturated rings. The van der Waals surface area contributed by atoms with Gasteiger partial charge in [0.25, 0.3) is 5.91 Å². The Balaban J connectivity index is 0.00000324. The summed E-state index contributed by atoms with van der Waals surface area (Å²) in [5, 5.41) is 5.64. The van der Waals surface area contributed by atoms with Crippen molar-refractivity contribution in [2.75, 3.05) is 26.4 Å². The number of sulfone groups is 1. The van der Waals surface area contributed by atoms with E-state index in [0.29, 0.717) is 18.7 Å². The minimum Gasteiger partial charge on any atom is -0.351 e. The number of halogens is 1. The molecule has 0 unspecified atom stereocenters. The summed E-state index contributed by atoms with van der Waals surface area (Å²) >= 11 is 0. The van der Waals surface area contributed by atoms with E-state index in [9.17, 15) is 13.2 Å². The van der Waals surface area contributed by atoms with Crippen LogP contribution in [0.5, 0.6) is 0 Å². The van der Waals surface area contributed by atoms with Crippen LogP contribution in [0.15, 0.2) is 23.1 Å². The summed E-state index contributed by atoms with van der Waals surface area (Å²) in [4.78, 5) is 12.0. The van der Waals surface area contributed by atoms with Gasteiger partial charge in [0.15, 0.2) is 9.84 Å². The summed E-state index contributed by atoms with van der Waals surface area (Å²) in [7, 11) is -1.50. The van der Waals surface area contributed by atoms with Gasteiger partial charge < -0.3 is 10.6 Å². The van der Waals surface area contributed by atoms with Crippen LogP contribution in [0.25, 0.3) is 0 Å². The lowest BCUT2D eigenvalue weighted by atomic mass is 10.1. The van der Waals surface area contributed by atoms with Crippen molar-refractivity contribution >= 4 is 28.2 Å². The molecule has 7 heteroatoms.